The van der Waals surface area contributed by atoms with Crippen LogP contribution in [0.25, 0.3) is 0 Å². The molecule has 1 aliphatic rings. The lowest BCUT2D eigenvalue weighted by molar-refractivity contribution is 0.137. The highest BCUT2D eigenvalue weighted by molar-refractivity contribution is 5.24. The maximum Gasteiger partial charge on any atom is 0.194 e. The maximum absolute atomic E-state index is 13.9. The molecule has 1 heterocycles. The van der Waals surface area contributed by atoms with Crippen LogP contribution >= 0.6 is 0 Å². The summed E-state index contributed by atoms with van der Waals surface area (Å²) < 4.78 is 40.1. The summed E-state index contributed by atoms with van der Waals surface area (Å²) in [6.45, 7) is 2.75. The smallest absolute Gasteiger partial charge is 0.194 e. The molecule has 1 atom stereocenters. The molecular formula is C13H17F3N2O. The van der Waals surface area contributed by atoms with Crippen molar-refractivity contribution in [3.05, 3.63) is 35.1 Å². The summed E-state index contributed by atoms with van der Waals surface area (Å²) in [6, 6.07) is 1.76. The van der Waals surface area contributed by atoms with Gasteiger partial charge in [-0.2, -0.15) is 0 Å². The van der Waals surface area contributed by atoms with E-state index in [-0.39, 0.29) is 12.2 Å². The molecule has 0 unspecified atom stereocenters. The Morgan fingerprint density at radius 1 is 1.16 bits per heavy atom. The highest BCUT2D eigenvalue weighted by Crippen LogP contribution is 2.28. The third-order valence-corrected chi connectivity index (χ3v) is 3.42. The van der Waals surface area contributed by atoms with Crippen molar-refractivity contribution in [3.8, 4) is 0 Å². The minimum absolute atomic E-state index is 0.106. The molecule has 1 aromatic rings. The minimum Gasteiger partial charge on any atom is -0.396 e. The molecule has 3 nitrogen and oxygen atoms in total. The molecule has 0 aliphatic carbocycles. The number of aliphatic hydroxyl groups is 1. The molecule has 0 radical (unpaired) electrons. The third kappa shape index (κ3) is 3.08. The number of nitrogens with one attached hydrogen (secondary N) is 1. The first-order chi connectivity index (χ1) is 9.15. The second kappa shape index (κ2) is 6.36. The average molecular weight is 274 g/mol. The summed E-state index contributed by atoms with van der Waals surface area (Å²) in [4.78, 5) is 1.97. The highest BCUT2D eigenvalue weighted by atomic mass is 19.2. The Morgan fingerprint density at radius 2 is 1.84 bits per heavy atom. The van der Waals surface area contributed by atoms with E-state index in [1.807, 2.05) is 4.90 Å². The SMILES string of the molecule is OCC[C@H](c1ccc(F)c(F)c1F)N1CCNCC1. The van der Waals surface area contributed by atoms with E-state index in [0.29, 0.717) is 19.5 Å². The first kappa shape index (κ1) is 14.3. The molecule has 0 spiro atoms. The Bertz CT molecular complexity index is 436. The highest BCUT2D eigenvalue weighted by Gasteiger charge is 2.26. The average Bonchev–Trinajstić information content (AvgIpc) is 2.44. The van der Waals surface area contributed by atoms with Crippen molar-refractivity contribution >= 4 is 0 Å². The number of nitrogens with zero attached hydrogens (tertiary/aromatic N) is 1. The molecule has 2 rings (SSSR count). The van der Waals surface area contributed by atoms with Gasteiger partial charge in [0.1, 0.15) is 0 Å². The maximum atomic E-state index is 13.9. The van der Waals surface area contributed by atoms with Gasteiger partial charge in [0.2, 0.25) is 0 Å². The molecule has 0 saturated carbocycles. The van der Waals surface area contributed by atoms with Crippen molar-refractivity contribution in [2.45, 2.75) is 12.5 Å². The number of aliphatic hydroxyl groups excluding tert-OH is 1. The van der Waals surface area contributed by atoms with Crippen LogP contribution in [-0.2, 0) is 0 Å². The first-order valence-electron chi connectivity index (χ1n) is 6.34. The summed E-state index contributed by atoms with van der Waals surface area (Å²) in [5.74, 6) is -3.79. The predicted molar refractivity (Wildman–Crippen MR) is 65.2 cm³/mol. The molecule has 0 bridgehead atoms. The van der Waals surface area contributed by atoms with E-state index in [2.05, 4.69) is 5.32 Å². The van der Waals surface area contributed by atoms with Gasteiger partial charge in [0, 0.05) is 44.4 Å². The molecule has 1 aromatic carbocycles. The monoisotopic (exact) mass is 274 g/mol. The molecule has 1 saturated heterocycles. The molecule has 2 N–H and O–H groups in total. The third-order valence-electron chi connectivity index (χ3n) is 3.42. The van der Waals surface area contributed by atoms with Crippen molar-refractivity contribution < 1.29 is 18.3 Å². The van der Waals surface area contributed by atoms with Gasteiger partial charge in [0.05, 0.1) is 0 Å². The lowest BCUT2D eigenvalue weighted by atomic mass is 10.0. The Hall–Kier alpha value is -1.11. The second-order valence-corrected chi connectivity index (χ2v) is 4.58. The predicted octanol–water partition coefficient (Wildman–Crippen LogP) is 1.43. The summed E-state index contributed by atoms with van der Waals surface area (Å²) in [7, 11) is 0. The molecule has 106 valence electrons. The van der Waals surface area contributed by atoms with Crippen LogP contribution in [-0.4, -0.2) is 42.8 Å². The zero-order valence-corrected chi connectivity index (χ0v) is 10.5. The van der Waals surface area contributed by atoms with Gasteiger partial charge in [-0.25, -0.2) is 13.2 Å². The van der Waals surface area contributed by atoms with Crippen LogP contribution in [0.2, 0.25) is 0 Å². The fraction of sp³-hybridized carbons (Fsp3) is 0.538. The minimum atomic E-state index is -1.45. The number of rotatable bonds is 4. The van der Waals surface area contributed by atoms with E-state index in [0.717, 1.165) is 19.2 Å². The molecule has 0 aromatic heterocycles. The van der Waals surface area contributed by atoms with Gasteiger partial charge < -0.3 is 10.4 Å². The van der Waals surface area contributed by atoms with Gasteiger partial charge in [-0.15, -0.1) is 0 Å². The van der Waals surface area contributed by atoms with Gasteiger partial charge in [-0.05, 0) is 12.5 Å². The van der Waals surface area contributed by atoms with Crippen molar-refractivity contribution in [2.75, 3.05) is 32.8 Å². The van der Waals surface area contributed by atoms with Gasteiger partial charge in [0.15, 0.2) is 17.5 Å². The lowest BCUT2D eigenvalue weighted by Gasteiger charge is -2.35. The van der Waals surface area contributed by atoms with Crippen LogP contribution < -0.4 is 5.32 Å². The van der Waals surface area contributed by atoms with Crippen LogP contribution in [0.3, 0.4) is 0 Å². The van der Waals surface area contributed by atoms with Crippen LogP contribution in [0.1, 0.15) is 18.0 Å². The van der Waals surface area contributed by atoms with E-state index in [9.17, 15) is 13.2 Å². The van der Waals surface area contributed by atoms with E-state index in [1.54, 1.807) is 0 Å². The zero-order chi connectivity index (χ0) is 13.8. The van der Waals surface area contributed by atoms with E-state index in [1.165, 1.54) is 6.07 Å². The van der Waals surface area contributed by atoms with Gasteiger partial charge in [0.25, 0.3) is 0 Å². The normalized spacial score (nSPS) is 18.5. The molecule has 19 heavy (non-hydrogen) atoms. The first-order valence-corrected chi connectivity index (χ1v) is 6.34. The standard InChI is InChI=1S/C13H17F3N2O/c14-10-2-1-9(12(15)13(10)16)11(3-8-19)18-6-4-17-5-7-18/h1-2,11,17,19H,3-8H2/t11-/m1/s1. The summed E-state index contributed by atoms with van der Waals surface area (Å²) >= 11 is 0. The lowest BCUT2D eigenvalue weighted by Crippen LogP contribution is -2.45. The Labute approximate surface area is 110 Å². The molecule has 6 heteroatoms. The van der Waals surface area contributed by atoms with Gasteiger partial charge >= 0.3 is 0 Å². The largest absolute Gasteiger partial charge is 0.396 e. The summed E-state index contributed by atoms with van der Waals surface area (Å²) in [6.07, 6.45) is 0.294. The number of halogens is 3. The zero-order valence-electron chi connectivity index (χ0n) is 10.5. The number of hydrogen-bond donors (Lipinski definition) is 2. The van der Waals surface area contributed by atoms with Crippen molar-refractivity contribution in [1.82, 2.24) is 10.2 Å². The number of benzene rings is 1. The van der Waals surface area contributed by atoms with Crippen LogP contribution in [0, 0.1) is 17.5 Å². The van der Waals surface area contributed by atoms with E-state index in [4.69, 9.17) is 5.11 Å². The van der Waals surface area contributed by atoms with Crippen LogP contribution in [0.4, 0.5) is 13.2 Å². The van der Waals surface area contributed by atoms with E-state index >= 15 is 0 Å². The fourth-order valence-corrected chi connectivity index (χ4v) is 2.45. The Balaban J connectivity index is 2.30. The van der Waals surface area contributed by atoms with Crippen molar-refractivity contribution in [3.63, 3.8) is 0 Å². The molecule has 1 aliphatic heterocycles. The second-order valence-electron chi connectivity index (χ2n) is 4.58. The topological polar surface area (TPSA) is 35.5 Å². The van der Waals surface area contributed by atoms with Crippen molar-refractivity contribution in [2.24, 2.45) is 0 Å². The van der Waals surface area contributed by atoms with Gasteiger partial charge in [-0.3, -0.25) is 4.90 Å². The number of piperazine rings is 1. The van der Waals surface area contributed by atoms with Crippen LogP contribution in [0.5, 0.6) is 0 Å². The Morgan fingerprint density at radius 3 is 2.47 bits per heavy atom. The quantitative estimate of drug-likeness (QED) is 0.815. The molecule has 0 amide bonds. The summed E-state index contributed by atoms with van der Waals surface area (Å²) in [5, 5.41) is 12.3. The summed E-state index contributed by atoms with van der Waals surface area (Å²) in [5.41, 5.74) is 0.106. The van der Waals surface area contributed by atoms with Crippen molar-refractivity contribution in [1.29, 1.82) is 0 Å². The van der Waals surface area contributed by atoms with E-state index < -0.39 is 23.5 Å². The molecular weight excluding hydrogens is 257 g/mol. The number of hydrogen-bond acceptors (Lipinski definition) is 3. The fourth-order valence-electron chi connectivity index (χ4n) is 2.45. The molecule has 1 fully saturated rings. The van der Waals surface area contributed by atoms with Crippen LogP contribution in [0.15, 0.2) is 12.1 Å². The van der Waals surface area contributed by atoms with Gasteiger partial charge in [-0.1, -0.05) is 6.07 Å². The Kier molecular flexibility index (Phi) is 4.79.